The van der Waals surface area contributed by atoms with E-state index in [4.69, 9.17) is 10.8 Å². The lowest BCUT2D eigenvalue weighted by molar-refractivity contribution is -0.143. The van der Waals surface area contributed by atoms with Crippen molar-refractivity contribution < 1.29 is 29.4 Å². The Bertz CT molecular complexity index is 676. The van der Waals surface area contributed by atoms with Crippen LogP contribution < -0.4 is 16.4 Å². The molecule has 0 radical (unpaired) electrons. The summed E-state index contributed by atoms with van der Waals surface area (Å²) in [6.07, 6.45) is 2.77. The molecule has 0 spiro atoms. The van der Waals surface area contributed by atoms with Crippen LogP contribution in [0.25, 0.3) is 0 Å². The number of H-pyrrole nitrogens is 1. The fourth-order valence-corrected chi connectivity index (χ4v) is 2.51. The first-order valence-electron chi connectivity index (χ1n) is 8.88. The number of nitrogens with zero attached hydrogens (tertiary/aromatic N) is 1. The molecule has 0 fully saturated rings. The second-order valence-corrected chi connectivity index (χ2v) is 6.91. The Balaban J connectivity index is 2.75. The zero-order chi connectivity index (χ0) is 21.3. The first-order chi connectivity index (χ1) is 13.1. The zero-order valence-electron chi connectivity index (χ0n) is 15.8. The SMILES string of the molecule is CC(C)CC(NC(=O)C(N)Cc1cnc[nH]1)C(=O)NC(CCC(=O)O)C(=O)O. The molecule has 0 saturated carbocycles. The molecule has 0 aliphatic heterocycles. The number of hydrogen-bond donors (Lipinski definition) is 6. The van der Waals surface area contributed by atoms with E-state index < -0.39 is 48.3 Å². The summed E-state index contributed by atoms with van der Waals surface area (Å²) in [6.45, 7) is 3.69. The number of rotatable bonds is 12. The van der Waals surface area contributed by atoms with Gasteiger partial charge in [0.2, 0.25) is 11.8 Å². The molecule has 1 rings (SSSR count). The number of carbonyl (C=O) groups is 4. The Kier molecular flexibility index (Phi) is 9.09. The number of nitrogens with two attached hydrogens (primary N) is 1. The fraction of sp³-hybridized carbons (Fsp3) is 0.588. The van der Waals surface area contributed by atoms with Crippen LogP contribution in [0.1, 0.15) is 38.8 Å². The maximum absolute atomic E-state index is 12.5. The van der Waals surface area contributed by atoms with E-state index in [0.29, 0.717) is 5.69 Å². The van der Waals surface area contributed by atoms with E-state index in [1.54, 1.807) is 0 Å². The highest BCUT2D eigenvalue weighted by Gasteiger charge is 2.28. The highest BCUT2D eigenvalue weighted by molar-refractivity contribution is 5.91. The third-order valence-electron chi connectivity index (χ3n) is 3.93. The van der Waals surface area contributed by atoms with E-state index in [0.717, 1.165) is 0 Å². The van der Waals surface area contributed by atoms with Gasteiger partial charge in [-0.25, -0.2) is 9.78 Å². The van der Waals surface area contributed by atoms with Crippen molar-refractivity contribution in [1.82, 2.24) is 20.6 Å². The molecule has 11 nitrogen and oxygen atoms in total. The summed E-state index contributed by atoms with van der Waals surface area (Å²) < 4.78 is 0. The minimum Gasteiger partial charge on any atom is -0.481 e. The van der Waals surface area contributed by atoms with E-state index in [-0.39, 0.29) is 25.2 Å². The van der Waals surface area contributed by atoms with Crippen LogP contribution in [0.15, 0.2) is 12.5 Å². The van der Waals surface area contributed by atoms with Gasteiger partial charge >= 0.3 is 11.9 Å². The number of hydrogen-bond acceptors (Lipinski definition) is 6. The fourth-order valence-electron chi connectivity index (χ4n) is 2.51. The Hall–Kier alpha value is -2.95. The van der Waals surface area contributed by atoms with Crippen molar-refractivity contribution >= 4 is 23.8 Å². The van der Waals surface area contributed by atoms with E-state index in [9.17, 15) is 24.3 Å². The van der Waals surface area contributed by atoms with Gasteiger partial charge in [-0.05, 0) is 18.8 Å². The summed E-state index contributed by atoms with van der Waals surface area (Å²) in [5.74, 6) is -3.75. The first kappa shape index (κ1) is 23.1. The number of aromatic amines is 1. The van der Waals surface area contributed by atoms with Crippen LogP contribution >= 0.6 is 0 Å². The normalized spacial score (nSPS) is 14.1. The van der Waals surface area contributed by atoms with Crippen LogP contribution in [0.2, 0.25) is 0 Å². The second kappa shape index (κ2) is 11.0. The Morgan fingerprint density at radius 3 is 2.29 bits per heavy atom. The average molecular weight is 397 g/mol. The van der Waals surface area contributed by atoms with Gasteiger partial charge in [-0.1, -0.05) is 13.8 Å². The number of carbonyl (C=O) groups excluding carboxylic acids is 2. The molecular weight excluding hydrogens is 370 g/mol. The van der Waals surface area contributed by atoms with Crippen LogP contribution in [0, 0.1) is 5.92 Å². The molecule has 0 aliphatic rings. The number of aliphatic carboxylic acids is 2. The molecule has 0 aliphatic carbocycles. The molecule has 1 aromatic rings. The Labute approximate surface area is 162 Å². The largest absolute Gasteiger partial charge is 0.481 e. The minimum absolute atomic E-state index is 0.0298. The molecule has 1 aromatic heterocycles. The lowest BCUT2D eigenvalue weighted by atomic mass is 10.0. The van der Waals surface area contributed by atoms with Crippen LogP contribution in [-0.4, -0.2) is 62.1 Å². The number of imidazole rings is 1. The van der Waals surface area contributed by atoms with E-state index in [1.165, 1.54) is 12.5 Å². The zero-order valence-corrected chi connectivity index (χ0v) is 15.8. The molecule has 3 atom stereocenters. The number of aromatic nitrogens is 2. The van der Waals surface area contributed by atoms with Gasteiger partial charge in [0.15, 0.2) is 0 Å². The highest BCUT2D eigenvalue weighted by atomic mass is 16.4. The molecule has 0 aromatic carbocycles. The number of nitrogens with one attached hydrogen (secondary N) is 3. The van der Waals surface area contributed by atoms with Crippen molar-refractivity contribution in [2.24, 2.45) is 11.7 Å². The number of carboxylic acid groups (broad SMARTS) is 2. The molecule has 0 bridgehead atoms. The van der Waals surface area contributed by atoms with Gasteiger partial charge in [-0.2, -0.15) is 0 Å². The molecule has 0 saturated heterocycles. The topological polar surface area (TPSA) is 187 Å². The van der Waals surface area contributed by atoms with E-state index in [1.807, 2.05) is 13.8 Å². The monoisotopic (exact) mass is 397 g/mol. The van der Waals surface area contributed by atoms with Gasteiger partial charge in [0.05, 0.1) is 12.4 Å². The number of amides is 2. The third kappa shape index (κ3) is 8.16. The summed E-state index contributed by atoms with van der Waals surface area (Å²) in [5, 5.41) is 22.7. The second-order valence-electron chi connectivity index (χ2n) is 6.91. The van der Waals surface area contributed by atoms with Crippen LogP contribution in [0.5, 0.6) is 0 Å². The summed E-state index contributed by atoms with van der Waals surface area (Å²) >= 11 is 0. The highest BCUT2D eigenvalue weighted by Crippen LogP contribution is 2.08. The van der Waals surface area contributed by atoms with E-state index in [2.05, 4.69) is 20.6 Å². The van der Waals surface area contributed by atoms with Gasteiger partial charge in [-0.15, -0.1) is 0 Å². The van der Waals surface area contributed by atoms with Crippen LogP contribution in [0.3, 0.4) is 0 Å². The lowest BCUT2D eigenvalue weighted by Crippen LogP contribution is -2.55. The maximum Gasteiger partial charge on any atom is 0.326 e. The van der Waals surface area contributed by atoms with Gasteiger partial charge < -0.3 is 31.6 Å². The Morgan fingerprint density at radius 1 is 1.14 bits per heavy atom. The molecule has 2 amide bonds. The van der Waals surface area contributed by atoms with Crippen molar-refractivity contribution in [3.8, 4) is 0 Å². The van der Waals surface area contributed by atoms with Gasteiger partial charge in [-0.3, -0.25) is 14.4 Å². The standard InChI is InChI=1S/C17H27N5O6/c1-9(2)5-13(16(26)21-12(17(27)28)3-4-14(23)24)22-15(25)11(18)6-10-7-19-8-20-10/h7-9,11-13H,3-6,18H2,1-2H3,(H,19,20)(H,21,26)(H,22,25)(H,23,24)(H,27,28). The van der Waals surface area contributed by atoms with Crippen LogP contribution in [-0.2, 0) is 25.6 Å². The summed E-state index contributed by atoms with van der Waals surface area (Å²) in [4.78, 5) is 53.5. The Morgan fingerprint density at radius 2 is 1.79 bits per heavy atom. The van der Waals surface area contributed by atoms with Crippen molar-refractivity contribution in [3.05, 3.63) is 18.2 Å². The van der Waals surface area contributed by atoms with Gasteiger partial charge in [0, 0.05) is 24.7 Å². The van der Waals surface area contributed by atoms with Crippen molar-refractivity contribution in [2.45, 2.75) is 57.7 Å². The third-order valence-corrected chi connectivity index (χ3v) is 3.93. The molecule has 11 heteroatoms. The summed E-state index contributed by atoms with van der Waals surface area (Å²) in [6, 6.07) is -3.29. The maximum atomic E-state index is 12.5. The quantitative estimate of drug-likeness (QED) is 0.265. The molecule has 3 unspecified atom stereocenters. The molecule has 1 heterocycles. The minimum atomic E-state index is -1.37. The van der Waals surface area contributed by atoms with Crippen molar-refractivity contribution in [2.75, 3.05) is 0 Å². The first-order valence-corrected chi connectivity index (χ1v) is 8.88. The van der Waals surface area contributed by atoms with Crippen LogP contribution in [0.4, 0.5) is 0 Å². The van der Waals surface area contributed by atoms with E-state index >= 15 is 0 Å². The van der Waals surface area contributed by atoms with Gasteiger partial charge in [0.25, 0.3) is 0 Å². The molecule has 156 valence electrons. The molecule has 7 N–H and O–H groups in total. The lowest BCUT2D eigenvalue weighted by Gasteiger charge is -2.24. The average Bonchev–Trinajstić information content (AvgIpc) is 3.09. The number of carboxylic acids is 2. The van der Waals surface area contributed by atoms with Crippen molar-refractivity contribution in [3.63, 3.8) is 0 Å². The van der Waals surface area contributed by atoms with Crippen molar-refractivity contribution in [1.29, 1.82) is 0 Å². The predicted molar refractivity (Wildman–Crippen MR) is 98.1 cm³/mol. The molecule has 28 heavy (non-hydrogen) atoms. The summed E-state index contributed by atoms with van der Waals surface area (Å²) in [5.41, 5.74) is 6.53. The smallest absolute Gasteiger partial charge is 0.326 e. The molecular formula is C17H27N5O6. The predicted octanol–water partition coefficient (Wildman–Crippen LogP) is -0.755. The summed E-state index contributed by atoms with van der Waals surface area (Å²) in [7, 11) is 0. The van der Waals surface area contributed by atoms with Gasteiger partial charge in [0.1, 0.15) is 12.1 Å².